The van der Waals surface area contributed by atoms with Crippen LogP contribution in [0.2, 0.25) is 0 Å². The molecule has 0 fully saturated rings. The second-order valence-electron chi connectivity index (χ2n) is 3.09. The fourth-order valence-corrected chi connectivity index (χ4v) is 1.24. The number of ether oxygens (including phenoxy) is 1. The van der Waals surface area contributed by atoms with Crippen LogP contribution in [0.3, 0.4) is 0 Å². The highest BCUT2D eigenvalue weighted by molar-refractivity contribution is 5.49. The Morgan fingerprint density at radius 1 is 1.06 bits per heavy atom. The van der Waals surface area contributed by atoms with Gasteiger partial charge in [0.1, 0.15) is 17.9 Å². The summed E-state index contributed by atoms with van der Waals surface area (Å²) in [5.74, 6) is 0.780. The topological polar surface area (TPSA) is 82.6 Å². The molecule has 0 saturated heterocycles. The van der Waals surface area contributed by atoms with Gasteiger partial charge in [-0.15, -0.1) is 5.10 Å². The monoisotopic (exact) mass is 222 g/mol. The maximum absolute atomic E-state index is 8.86. The Labute approximate surface area is 97.5 Å². The maximum atomic E-state index is 8.86. The van der Waals surface area contributed by atoms with Crippen molar-refractivity contribution >= 4 is 0 Å². The molecule has 0 atom stereocenters. The number of nitriles is 2. The predicted octanol–water partition coefficient (Wildman–Crippen LogP) is 2.01. The molecule has 0 aliphatic rings. The van der Waals surface area contributed by atoms with Crippen LogP contribution in [-0.4, -0.2) is 10.2 Å². The van der Waals surface area contributed by atoms with Crippen molar-refractivity contribution in [2.75, 3.05) is 0 Å². The van der Waals surface area contributed by atoms with Gasteiger partial charge in [0.15, 0.2) is 0 Å². The third-order valence-electron chi connectivity index (χ3n) is 2.00. The van der Waals surface area contributed by atoms with Crippen molar-refractivity contribution in [3.05, 3.63) is 47.7 Å². The lowest BCUT2D eigenvalue weighted by Gasteiger charge is -2.04. The fraction of sp³-hybridized carbons (Fsp3) is 0. The van der Waals surface area contributed by atoms with Crippen LogP contribution in [0.15, 0.2) is 36.5 Å². The van der Waals surface area contributed by atoms with Crippen molar-refractivity contribution in [2.24, 2.45) is 0 Å². The minimum absolute atomic E-state index is 0.272. The van der Waals surface area contributed by atoms with Crippen molar-refractivity contribution < 1.29 is 4.74 Å². The number of benzene rings is 1. The molecule has 0 amide bonds. The van der Waals surface area contributed by atoms with Crippen LogP contribution in [0, 0.1) is 22.7 Å². The zero-order chi connectivity index (χ0) is 12.1. The molecule has 80 valence electrons. The smallest absolute Gasteiger partial charge is 0.238 e. The molecular weight excluding hydrogens is 216 g/mol. The molecule has 0 unspecified atom stereocenters. The summed E-state index contributed by atoms with van der Waals surface area (Å²) in [4.78, 5) is 0. The number of aromatic nitrogens is 2. The molecule has 1 heterocycles. The van der Waals surface area contributed by atoms with Crippen LogP contribution in [-0.2, 0) is 0 Å². The summed E-state index contributed by atoms with van der Waals surface area (Å²) >= 11 is 0. The second-order valence-corrected chi connectivity index (χ2v) is 3.09. The van der Waals surface area contributed by atoms with Crippen molar-refractivity contribution in [1.29, 1.82) is 10.5 Å². The van der Waals surface area contributed by atoms with Crippen LogP contribution in [0.4, 0.5) is 0 Å². The highest BCUT2D eigenvalue weighted by Gasteiger charge is 2.04. The largest absolute Gasteiger partial charge is 0.437 e. The molecule has 5 nitrogen and oxygen atoms in total. The molecule has 0 N–H and O–H groups in total. The van der Waals surface area contributed by atoms with E-state index in [1.165, 1.54) is 18.3 Å². The SMILES string of the molecule is N#Cc1ccc(Oc2cccnn2)cc1C#N. The molecule has 2 rings (SSSR count). The van der Waals surface area contributed by atoms with E-state index < -0.39 is 0 Å². The average Bonchev–Trinajstić information content (AvgIpc) is 2.40. The minimum atomic E-state index is 0.272. The Bertz CT molecular complexity index is 611. The summed E-state index contributed by atoms with van der Waals surface area (Å²) in [5, 5.41) is 25.0. The van der Waals surface area contributed by atoms with Gasteiger partial charge in [0.2, 0.25) is 5.88 Å². The first-order chi connectivity index (χ1) is 8.33. The van der Waals surface area contributed by atoms with Gasteiger partial charge in [-0.1, -0.05) is 0 Å². The van der Waals surface area contributed by atoms with Gasteiger partial charge in [-0.25, -0.2) is 0 Å². The molecular formula is C12H6N4O. The Morgan fingerprint density at radius 3 is 2.53 bits per heavy atom. The normalized spacial score (nSPS) is 9.06. The van der Waals surface area contributed by atoms with E-state index in [0.29, 0.717) is 17.2 Å². The molecule has 1 aromatic heterocycles. The zero-order valence-corrected chi connectivity index (χ0v) is 8.66. The van der Waals surface area contributed by atoms with Crippen LogP contribution in [0.25, 0.3) is 0 Å². The molecule has 5 heteroatoms. The van der Waals surface area contributed by atoms with E-state index in [4.69, 9.17) is 15.3 Å². The first-order valence-electron chi connectivity index (χ1n) is 4.73. The Balaban J connectivity index is 2.30. The van der Waals surface area contributed by atoms with E-state index in [1.807, 2.05) is 12.1 Å². The molecule has 0 spiro atoms. The fourth-order valence-electron chi connectivity index (χ4n) is 1.24. The maximum Gasteiger partial charge on any atom is 0.238 e. The van der Waals surface area contributed by atoms with E-state index in [-0.39, 0.29) is 5.56 Å². The third kappa shape index (κ3) is 2.36. The van der Waals surface area contributed by atoms with E-state index in [1.54, 1.807) is 18.2 Å². The van der Waals surface area contributed by atoms with Crippen LogP contribution in [0.1, 0.15) is 11.1 Å². The average molecular weight is 222 g/mol. The molecule has 1 aromatic carbocycles. The van der Waals surface area contributed by atoms with Gasteiger partial charge in [-0.3, -0.25) is 0 Å². The van der Waals surface area contributed by atoms with Crippen molar-refractivity contribution in [2.45, 2.75) is 0 Å². The van der Waals surface area contributed by atoms with Gasteiger partial charge in [0.25, 0.3) is 0 Å². The van der Waals surface area contributed by atoms with Gasteiger partial charge in [-0.2, -0.15) is 15.6 Å². The molecule has 0 radical (unpaired) electrons. The lowest BCUT2D eigenvalue weighted by atomic mass is 10.1. The standard InChI is InChI=1S/C12H6N4O/c13-7-9-3-4-11(6-10(9)8-14)17-12-2-1-5-15-16-12/h1-6H. The van der Waals surface area contributed by atoms with E-state index in [9.17, 15) is 0 Å². The summed E-state index contributed by atoms with van der Waals surface area (Å²) in [5.41, 5.74) is 0.591. The summed E-state index contributed by atoms with van der Waals surface area (Å²) in [7, 11) is 0. The Hall–Kier alpha value is -2.92. The third-order valence-corrected chi connectivity index (χ3v) is 2.00. The Kier molecular flexibility index (Phi) is 2.95. The summed E-state index contributed by atoms with van der Waals surface area (Å²) in [6.07, 6.45) is 1.53. The first kappa shape index (κ1) is 10.6. The molecule has 0 bridgehead atoms. The predicted molar refractivity (Wildman–Crippen MR) is 58.0 cm³/mol. The zero-order valence-electron chi connectivity index (χ0n) is 8.66. The van der Waals surface area contributed by atoms with Crippen molar-refractivity contribution in [1.82, 2.24) is 10.2 Å². The van der Waals surface area contributed by atoms with Gasteiger partial charge < -0.3 is 4.74 Å². The molecule has 2 aromatic rings. The number of hydrogen-bond acceptors (Lipinski definition) is 5. The van der Waals surface area contributed by atoms with Gasteiger partial charge >= 0.3 is 0 Å². The van der Waals surface area contributed by atoms with Gasteiger partial charge in [-0.05, 0) is 24.3 Å². The minimum Gasteiger partial charge on any atom is -0.437 e. The van der Waals surface area contributed by atoms with E-state index in [0.717, 1.165) is 0 Å². The molecule has 17 heavy (non-hydrogen) atoms. The van der Waals surface area contributed by atoms with E-state index >= 15 is 0 Å². The van der Waals surface area contributed by atoms with Gasteiger partial charge in [0, 0.05) is 12.3 Å². The number of rotatable bonds is 2. The highest BCUT2D eigenvalue weighted by atomic mass is 16.5. The van der Waals surface area contributed by atoms with Crippen molar-refractivity contribution in [3.63, 3.8) is 0 Å². The van der Waals surface area contributed by atoms with E-state index in [2.05, 4.69) is 10.2 Å². The van der Waals surface area contributed by atoms with Crippen LogP contribution in [0.5, 0.6) is 11.6 Å². The van der Waals surface area contributed by atoms with Gasteiger partial charge in [0.05, 0.1) is 11.1 Å². The molecule has 0 saturated carbocycles. The summed E-state index contributed by atoms with van der Waals surface area (Å²) in [6.45, 7) is 0. The highest BCUT2D eigenvalue weighted by Crippen LogP contribution is 2.21. The second kappa shape index (κ2) is 4.73. The summed E-state index contributed by atoms with van der Waals surface area (Å²) in [6, 6.07) is 11.8. The number of nitrogens with zero attached hydrogens (tertiary/aromatic N) is 4. The lowest BCUT2D eigenvalue weighted by Crippen LogP contribution is -1.91. The van der Waals surface area contributed by atoms with Crippen LogP contribution < -0.4 is 4.74 Å². The Morgan fingerprint density at radius 2 is 1.88 bits per heavy atom. The number of hydrogen-bond donors (Lipinski definition) is 0. The summed E-state index contributed by atoms with van der Waals surface area (Å²) < 4.78 is 5.39. The quantitative estimate of drug-likeness (QED) is 0.776. The van der Waals surface area contributed by atoms with Crippen LogP contribution >= 0.6 is 0 Å². The first-order valence-corrected chi connectivity index (χ1v) is 4.73. The molecule has 0 aliphatic carbocycles. The molecule has 0 aliphatic heterocycles. The van der Waals surface area contributed by atoms with Crippen molar-refractivity contribution in [3.8, 4) is 23.8 Å². The lowest BCUT2D eigenvalue weighted by molar-refractivity contribution is 0.455.